The molecule has 6 nitrogen and oxygen atoms in total. The zero-order chi connectivity index (χ0) is 13.8. The smallest absolute Gasteiger partial charge is 0.422 e. The number of alkyl halides is 3. The summed E-state index contributed by atoms with van der Waals surface area (Å²) in [5.74, 6) is 0. The lowest BCUT2D eigenvalue weighted by Gasteiger charge is -2.08. The fourth-order valence-corrected chi connectivity index (χ4v) is 0.999. The molecule has 9 heteroatoms. The SMILES string of the molecule is O=C(Nc1cccc([N+](=O)[O-])c1)OCC(F)(F)F. The van der Waals surface area contributed by atoms with Crippen LogP contribution in [0.2, 0.25) is 0 Å². The largest absolute Gasteiger partial charge is 0.440 e. The van der Waals surface area contributed by atoms with Gasteiger partial charge in [-0.25, -0.2) is 4.79 Å². The zero-order valence-corrected chi connectivity index (χ0v) is 8.73. The van der Waals surface area contributed by atoms with Gasteiger partial charge in [0.25, 0.3) is 5.69 Å². The van der Waals surface area contributed by atoms with E-state index in [-0.39, 0.29) is 11.4 Å². The Morgan fingerprint density at radius 3 is 2.67 bits per heavy atom. The first-order valence-electron chi connectivity index (χ1n) is 4.53. The molecule has 0 bridgehead atoms. The van der Waals surface area contributed by atoms with Crippen molar-refractivity contribution in [2.45, 2.75) is 6.18 Å². The zero-order valence-electron chi connectivity index (χ0n) is 8.73. The van der Waals surface area contributed by atoms with Crippen LogP contribution in [0, 0.1) is 10.1 Å². The maximum Gasteiger partial charge on any atom is 0.422 e. The summed E-state index contributed by atoms with van der Waals surface area (Å²) in [5.41, 5.74) is -0.333. The van der Waals surface area contributed by atoms with E-state index < -0.39 is 23.8 Å². The van der Waals surface area contributed by atoms with Crippen molar-refractivity contribution in [3.8, 4) is 0 Å². The summed E-state index contributed by atoms with van der Waals surface area (Å²) in [6, 6.07) is 4.72. The van der Waals surface area contributed by atoms with E-state index in [1.165, 1.54) is 18.2 Å². The molecule has 1 rings (SSSR count). The predicted octanol–water partition coefficient (Wildman–Crippen LogP) is 2.71. The van der Waals surface area contributed by atoms with E-state index in [0.29, 0.717) is 0 Å². The van der Waals surface area contributed by atoms with Gasteiger partial charge in [0.05, 0.1) is 10.6 Å². The summed E-state index contributed by atoms with van der Waals surface area (Å²) >= 11 is 0. The first kappa shape index (κ1) is 13.7. The van der Waals surface area contributed by atoms with Crippen LogP contribution < -0.4 is 5.32 Å². The molecule has 0 saturated heterocycles. The lowest BCUT2D eigenvalue weighted by atomic mass is 10.3. The molecule has 1 amide bonds. The van der Waals surface area contributed by atoms with Crippen molar-refractivity contribution < 1.29 is 27.6 Å². The molecule has 0 spiro atoms. The molecule has 0 saturated carbocycles. The Hall–Kier alpha value is -2.32. The highest BCUT2D eigenvalue weighted by Gasteiger charge is 2.29. The molecule has 1 N–H and O–H groups in total. The summed E-state index contributed by atoms with van der Waals surface area (Å²) in [6.07, 6.45) is -5.96. The third-order valence-electron chi connectivity index (χ3n) is 1.67. The molecule has 18 heavy (non-hydrogen) atoms. The van der Waals surface area contributed by atoms with Crippen molar-refractivity contribution in [1.29, 1.82) is 0 Å². The second-order valence-electron chi connectivity index (χ2n) is 3.12. The van der Waals surface area contributed by atoms with Crippen molar-refractivity contribution in [1.82, 2.24) is 0 Å². The number of nitrogens with one attached hydrogen (secondary N) is 1. The number of halogens is 3. The molecule has 0 radical (unpaired) electrons. The summed E-state index contributed by atoms with van der Waals surface area (Å²) in [6.45, 7) is -1.73. The molecule has 0 aromatic heterocycles. The average Bonchev–Trinajstić information content (AvgIpc) is 2.26. The second kappa shape index (κ2) is 5.34. The minimum absolute atomic E-state index is 0.0311. The number of rotatable bonds is 3. The van der Waals surface area contributed by atoms with Gasteiger partial charge < -0.3 is 4.74 Å². The monoisotopic (exact) mass is 264 g/mol. The van der Waals surface area contributed by atoms with Crippen LogP contribution in [0.15, 0.2) is 24.3 Å². The quantitative estimate of drug-likeness (QED) is 0.672. The number of amides is 1. The molecule has 0 unspecified atom stereocenters. The van der Waals surface area contributed by atoms with E-state index in [2.05, 4.69) is 4.74 Å². The number of hydrogen-bond acceptors (Lipinski definition) is 4. The van der Waals surface area contributed by atoms with Crippen molar-refractivity contribution in [2.75, 3.05) is 11.9 Å². The van der Waals surface area contributed by atoms with Gasteiger partial charge in [-0.3, -0.25) is 15.4 Å². The maximum atomic E-state index is 11.7. The molecular formula is C9H7F3N2O4. The van der Waals surface area contributed by atoms with Crippen LogP contribution in [0.5, 0.6) is 0 Å². The van der Waals surface area contributed by atoms with Gasteiger partial charge in [-0.15, -0.1) is 0 Å². The number of nitrogens with zero attached hydrogens (tertiary/aromatic N) is 1. The van der Waals surface area contributed by atoms with Gasteiger partial charge in [0, 0.05) is 12.1 Å². The number of carbonyl (C=O) groups excluding carboxylic acids is 1. The van der Waals surface area contributed by atoms with Gasteiger partial charge in [0.15, 0.2) is 6.61 Å². The predicted molar refractivity (Wildman–Crippen MR) is 54.1 cm³/mol. The highest BCUT2D eigenvalue weighted by atomic mass is 19.4. The fraction of sp³-hybridized carbons (Fsp3) is 0.222. The third kappa shape index (κ3) is 4.68. The van der Waals surface area contributed by atoms with Gasteiger partial charge in [0.1, 0.15) is 0 Å². The van der Waals surface area contributed by atoms with E-state index in [1.54, 1.807) is 0 Å². The van der Waals surface area contributed by atoms with Crippen LogP contribution in [0.4, 0.5) is 29.3 Å². The van der Waals surface area contributed by atoms with E-state index in [1.807, 2.05) is 5.32 Å². The average molecular weight is 264 g/mol. The number of hydrogen-bond donors (Lipinski definition) is 1. The summed E-state index contributed by atoms with van der Waals surface area (Å²) < 4.78 is 39.1. The van der Waals surface area contributed by atoms with Crippen LogP contribution in [0.3, 0.4) is 0 Å². The highest BCUT2D eigenvalue weighted by molar-refractivity contribution is 5.85. The number of carbonyl (C=O) groups is 1. The molecule has 0 atom stereocenters. The topological polar surface area (TPSA) is 81.5 Å². The van der Waals surface area contributed by atoms with Gasteiger partial charge in [0.2, 0.25) is 0 Å². The first-order chi connectivity index (χ1) is 8.28. The molecule has 0 heterocycles. The van der Waals surface area contributed by atoms with Gasteiger partial charge >= 0.3 is 12.3 Å². The lowest BCUT2D eigenvalue weighted by Crippen LogP contribution is -2.23. The molecular weight excluding hydrogens is 257 g/mol. The fourth-order valence-electron chi connectivity index (χ4n) is 0.999. The molecule has 1 aromatic rings. The lowest BCUT2D eigenvalue weighted by molar-refractivity contribution is -0.384. The minimum Gasteiger partial charge on any atom is -0.440 e. The third-order valence-corrected chi connectivity index (χ3v) is 1.67. The second-order valence-corrected chi connectivity index (χ2v) is 3.12. The summed E-state index contributed by atoms with van der Waals surface area (Å²) in [5, 5.41) is 12.4. The van der Waals surface area contributed by atoms with Crippen LogP contribution in [-0.2, 0) is 4.74 Å². The number of ether oxygens (including phenoxy) is 1. The molecule has 0 aliphatic carbocycles. The molecule has 0 aliphatic rings. The first-order valence-corrected chi connectivity index (χ1v) is 4.53. The Balaban J connectivity index is 2.59. The number of nitro benzene ring substituents is 1. The Labute approximate surface area is 98.5 Å². The Morgan fingerprint density at radius 1 is 1.44 bits per heavy atom. The number of nitro groups is 1. The van der Waals surface area contributed by atoms with Crippen LogP contribution in [0.25, 0.3) is 0 Å². The van der Waals surface area contributed by atoms with Crippen molar-refractivity contribution in [3.05, 3.63) is 34.4 Å². The van der Waals surface area contributed by atoms with E-state index in [4.69, 9.17) is 0 Å². The molecule has 0 fully saturated rings. The maximum absolute atomic E-state index is 11.7. The van der Waals surface area contributed by atoms with Gasteiger partial charge in [-0.2, -0.15) is 13.2 Å². The Kier molecular flexibility index (Phi) is 4.08. The van der Waals surface area contributed by atoms with E-state index in [9.17, 15) is 28.1 Å². The van der Waals surface area contributed by atoms with E-state index in [0.717, 1.165) is 6.07 Å². The van der Waals surface area contributed by atoms with Crippen LogP contribution in [0.1, 0.15) is 0 Å². The summed E-state index contributed by atoms with van der Waals surface area (Å²) in [7, 11) is 0. The minimum atomic E-state index is -4.62. The molecule has 1 aromatic carbocycles. The summed E-state index contributed by atoms with van der Waals surface area (Å²) in [4.78, 5) is 20.6. The van der Waals surface area contributed by atoms with Gasteiger partial charge in [-0.1, -0.05) is 6.07 Å². The standard InChI is InChI=1S/C9H7F3N2O4/c10-9(11,12)5-18-8(15)13-6-2-1-3-7(4-6)14(16)17/h1-4H,5H2,(H,13,15). The van der Waals surface area contributed by atoms with Gasteiger partial charge in [-0.05, 0) is 6.07 Å². The van der Waals surface area contributed by atoms with Crippen molar-refractivity contribution in [2.24, 2.45) is 0 Å². The van der Waals surface area contributed by atoms with Crippen molar-refractivity contribution in [3.63, 3.8) is 0 Å². The Bertz CT molecular complexity index is 461. The van der Waals surface area contributed by atoms with Crippen molar-refractivity contribution >= 4 is 17.5 Å². The molecule has 0 aliphatic heterocycles. The number of benzene rings is 1. The molecule has 98 valence electrons. The van der Waals surface area contributed by atoms with Crippen LogP contribution in [-0.4, -0.2) is 23.8 Å². The number of non-ortho nitro benzene ring substituents is 1. The Morgan fingerprint density at radius 2 is 2.11 bits per heavy atom. The highest BCUT2D eigenvalue weighted by Crippen LogP contribution is 2.18. The van der Waals surface area contributed by atoms with Crippen LogP contribution >= 0.6 is 0 Å². The van der Waals surface area contributed by atoms with E-state index >= 15 is 0 Å². The number of anilines is 1. The normalized spacial score (nSPS) is 10.8.